The van der Waals surface area contributed by atoms with Crippen molar-refractivity contribution in [1.82, 2.24) is 9.97 Å². The van der Waals surface area contributed by atoms with Gasteiger partial charge in [-0.15, -0.1) is 0 Å². The molecule has 0 atom stereocenters. The molecule has 1 N–H and O–H groups in total. The molecule has 0 aliphatic heterocycles. The number of unbranched alkanes of at least 4 members (excludes halogenated alkanes) is 1. The first kappa shape index (κ1) is 19.7. The lowest BCUT2D eigenvalue weighted by molar-refractivity contribution is -0.136. The SMILES string of the molecule is CCCCc1nc(Cc2ccccc2)c(CC(=O)O)c(Cc2ccccc2)n1. The molecule has 0 bridgehead atoms. The molecule has 1 aromatic heterocycles. The summed E-state index contributed by atoms with van der Waals surface area (Å²) >= 11 is 0. The highest BCUT2D eigenvalue weighted by Gasteiger charge is 2.18. The van der Waals surface area contributed by atoms with E-state index in [4.69, 9.17) is 9.97 Å². The van der Waals surface area contributed by atoms with E-state index in [-0.39, 0.29) is 6.42 Å². The van der Waals surface area contributed by atoms with Crippen molar-refractivity contribution in [3.63, 3.8) is 0 Å². The fourth-order valence-electron chi connectivity index (χ4n) is 3.31. The minimum absolute atomic E-state index is 0.0572. The van der Waals surface area contributed by atoms with Crippen LogP contribution >= 0.6 is 0 Å². The normalized spacial score (nSPS) is 10.8. The summed E-state index contributed by atoms with van der Waals surface area (Å²) in [7, 11) is 0. The maximum atomic E-state index is 11.6. The number of aliphatic carboxylic acids is 1. The average molecular weight is 374 g/mol. The third-order valence-corrected chi connectivity index (χ3v) is 4.74. The van der Waals surface area contributed by atoms with E-state index in [1.807, 2.05) is 36.4 Å². The molecule has 28 heavy (non-hydrogen) atoms. The number of carboxylic acid groups (broad SMARTS) is 1. The van der Waals surface area contributed by atoms with E-state index in [2.05, 4.69) is 31.2 Å². The maximum absolute atomic E-state index is 11.6. The molecule has 3 rings (SSSR count). The van der Waals surface area contributed by atoms with Gasteiger partial charge in [-0.2, -0.15) is 0 Å². The van der Waals surface area contributed by atoms with E-state index < -0.39 is 5.97 Å². The fourth-order valence-corrected chi connectivity index (χ4v) is 3.31. The van der Waals surface area contributed by atoms with Gasteiger partial charge in [0.2, 0.25) is 0 Å². The standard InChI is InChI=1S/C24H26N2O2/c1-2-3-14-23-25-21(15-18-10-6-4-7-11-18)20(17-24(27)28)22(26-23)16-19-12-8-5-9-13-19/h4-13H,2-3,14-17H2,1H3,(H,27,28). The third-order valence-electron chi connectivity index (χ3n) is 4.74. The van der Waals surface area contributed by atoms with E-state index in [0.717, 1.165) is 53.2 Å². The lowest BCUT2D eigenvalue weighted by Crippen LogP contribution is -2.15. The Kier molecular flexibility index (Phi) is 6.90. The van der Waals surface area contributed by atoms with Gasteiger partial charge in [-0.1, -0.05) is 74.0 Å². The van der Waals surface area contributed by atoms with Crippen LogP contribution < -0.4 is 0 Å². The van der Waals surface area contributed by atoms with Crippen LogP contribution in [-0.2, 0) is 30.5 Å². The van der Waals surface area contributed by atoms with E-state index in [9.17, 15) is 9.90 Å². The van der Waals surface area contributed by atoms with Gasteiger partial charge in [0, 0.05) is 24.8 Å². The minimum Gasteiger partial charge on any atom is -0.481 e. The van der Waals surface area contributed by atoms with Crippen molar-refractivity contribution >= 4 is 5.97 Å². The van der Waals surface area contributed by atoms with Crippen molar-refractivity contribution in [3.8, 4) is 0 Å². The molecule has 0 radical (unpaired) electrons. The highest BCUT2D eigenvalue weighted by Crippen LogP contribution is 2.20. The summed E-state index contributed by atoms with van der Waals surface area (Å²) in [6.45, 7) is 2.15. The molecule has 1 heterocycles. The predicted octanol–water partition coefficient (Wildman–Crippen LogP) is 4.63. The number of aromatic nitrogens is 2. The van der Waals surface area contributed by atoms with Crippen molar-refractivity contribution < 1.29 is 9.90 Å². The van der Waals surface area contributed by atoms with Gasteiger partial charge in [0.1, 0.15) is 5.82 Å². The van der Waals surface area contributed by atoms with Crippen LogP contribution in [0.15, 0.2) is 60.7 Å². The van der Waals surface area contributed by atoms with Crippen LogP contribution in [0.5, 0.6) is 0 Å². The Morgan fingerprint density at radius 1 is 0.857 bits per heavy atom. The molecule has 0 saturated carbocycles. The highest BCUT2D eigenvalue weighted by atomic mass is 16.4. The van der Waals surface area contributed by atoms with Gasteiger partial charge in [0.15, 0.2) is 0 Å². The van der Waals surface area contributed by atoms with Gasteiger partial charge in [0.05, 0.1) is 17.8 Å². The highest BCUT2D eigenvalue weighted by molar-refractivity contribution is 5.71. The summed E-state index contributed by atoms with van der Waals surface area (Å²) in [5, 5.41) is 9.50. The largest absolute Gasteiger partial charge is 0.481 e. The molecule has 0 aliphatic rings. The second-order valence-corrected chi connectivity index (χ2v) is 7.01. The minimum atomic E-state index is -0.853. The molecular formula is C24H26N2O2. The van der Waals surface area contributed by atoms with Crippen molar-refractivity contribution in [2.45, 2.75) is 45.4 Å². The van der Waals surface area contributed by atoms with Crippen molar-refractivity contribution in [1.29, 1.82) is 0 Å². The first-order valence-corrected chi connectivity index (χ1v) is 9.83. The van der Waals surface area contributed by atoms with E-state index in [0.29, 0.717) is 12.8 Å². The Labute approximate surface area is 166 Å². The second kappa shape index (κ2) is 9.79. The van der Waals surface area contributed by atoms with Crippen molar-refractivity contribution in [3.05, 3.63) is 94.6 Å². The summed E-state index contributed by atoms with van der Waals surface area (Å²) in [6, 6.07) is 20.2. The van der Waals surface area contributed by atoms with Crippen molar-refractivity contribution in [2.24, 2.45) is 0 Å². The molecule has 0 amide bonds. The Morgan fingerprint density at radius 2 is 1.36 bits per heavy atom. The zero-order valence-electron chi connectivity index (χ0n) is 16.3. The molecule has 3 aromatic rings. The van der Waals surface area contributed by atoms with Crippen LogP contribution in [0.3, 0.4) is 0 Å². The number of rotatable bonds is 9. The number of aryl methyl sites for hydroxylation is 1. The molecule has 0 saturated heterocycles. The predicted molar refractivity (Wildman–Crippen MR) is 110 cm³/mol. The number of hydrogen-bond acceptors (Lipinski definition) is 3. The lowest BCUT2D eigenvalue weighted by atomic mass is 9.97. The van der Waals surface area contributed by atoms with Crippen molar-refractivity contribution in [2.75, 3.05) is 0 Å². The molecule has 4 heteroatoms. The summed E-state index contributed by atoms with van der Waals surface area (Å²) in [5.41, 5.74) is 4.67. The average Bonchev–Trinajstić information content (AvgIpc) is 2.70. The topological polar surface area (TPSA) is 63.1 Å². The molecule has 4 nitrogen and oxygen atoms in total. The van der Waals surface area contributed by atoms with Crippen LogP contribution in [0.25, 0.3) is 0 Å². The smallest absolute Gasteiger partial charge is 0.307 e. The van der Waals surface area contributed by atoms with Crippen LogP contribution in [0, 0.1) is 0 Å². The molecule has 0 spiro atoms. The zero-order chi connectivity index (χ0) is 19.8. The molecule has 144 valence electrons. The van der Waals surface area contributed by atoms with Crippen LogP contribution in [0.4, 0.5) is 0 Å². The number of carbonyl (C=O) groups is 1. The molecule has 0 aliphatic carbocycles. The van der Waals surface area contributed by atoms with Gasteiger partial charge < -0.3 is 5.11 Å². The van der Waals surface area contributed by atoms with Gasteiger partial charge in [-0.3, -0.25) is 4.79 Å². The summed E-state index contributed by atoms with van der Waals surface area (Å²) in [6.07, 6.45) is 4.09. The monoisotopic (exact) mass is 374 g/mol. The Hall–Kier alpha value is -3.01. The molecule has 0 fully saturated rings. The van der Waals surface area contributed by atoms with E-state index in [1.165, 1.54) is 0 Å². The quantitative estimate of drug-likeness (QED) is 0.593. The van der Waals surface area contributed by atoms with Gasteiger partial charge in [-0.05, 0) is 17.5 Å². The number of nitrogens with zero attached hydrogens (tertiary/aromatic N) is 2. The molecule has 2 aromatic carbocycles. The number of carboxylic acids is 1. The van der Waals surface area contributed by atoms with E-state index >= 15 is 0 Å². The lowest BCUT2D eigenvalue weighted by Gasteiger charge is -2.15. The first-order chi connectivity index (χ1) is 13.7. The first-order valence-electron chi connectivity index (χ1n) is 9.83. The van der Waals surface area contributed by atoms with Crippen LogP contribution in [0.2, 0.25) is 0 Å². The van der Waals surface area contributed by atoms with Gasteiger partial charge in [-0.25, -0.2) is 9.97 Å². The Morgan fingerprint density at radius 3 is 1.79 bits per heavy atom. The Bertz CT molecular complexity index is 846. The molecule has 0 unspecified atom stereocenters. The second-order valence-electron chi connectivity index (χ2n) is 7.01. The van der Waals surface area contributed by atoms with Gasteiger partial charge >= 0.3 is 5.97 Å². The summed E-state index contributed by atoms with van der Waals surface area (Å²) in [4.78, 5) is 21.2. The van der Waals surface area contributed by atoms with Crippen LogP contribution in [0.1, 0.15) is 53.7 Å². The van der Waals surface area contributed by atoms with Crippen LogP contribution in [-0.4, -0.2) is 21.0 Å². The zero-order valence-corrected chi connectivity index (χ0v) is 16.3. The number of hydrogen-bond donors (Lipinski definition) is 1. The molecular weight excluding hydrogens is 348 g/mol. The van der Waals surface area contributed by atoms with Gasteiger partial charge in [0.25, 0.3) is 0 Å². The third kappa shape index (κ3) is 5.49. The number of benzene rings is 2. The fraction of sp³-hybridized carbons (Fsp3) is 0.292. The van der Waals surface area contributed by atoms with E-state index in [1.54, 1.807) is 0 Å². The maximum Gasteiger partial charge on any atom is 0.307 e. The summed E-state index contributed by atoms with van der Waals surface area (Å²) in [5.74, 6) is -0.0404. The Balaban J connectivity index is 2.05. The summed E-state index contributed by atoms with van der Waals surface area (Å²) < 4.78 is 0.